The first-order chi connectivity index (χ1) is 28.8. The van der Waals surface area contributed by atoms with E-state index in [0.29, 0.717) is 75.6 Å². The highest BCUT2D eigenvalue weighted by molar-refractivity contribution is 6.12. The van der Waals surface area contributed by atoms with E-state index in [0.717, 1.165) is 16.3 Å². The van der Waals surface area contributed by atoms with Crippen molar-refractivity contribution in [3.63, 3.8) is 0 Å². The van der Waals surface area contributed by atoms with Crippen molar-refractivity contribution in [2.45, 2.75) is 60.3 Å². The van der Waals surface area contributed by atoms with Crippen LogP contribution in [-0.2, 0) is 26.2 Å². The molecular formula is C40H44N14O6. The Balaban J connectivity index is 1.30. The molecule has 0 aliphatic carbocycles. The maximum absolute atomic E-state index is 13.5. The molecule has 6 aromatic heterocycles. The van der Waals surface area contributed by atoms with Gasteiger partial charge in [-0.15, -0.1) is 0 Å². The second-order valence-corrected chi connectivity index (χ2v) is 14.1. The third-order valence-corrected chi connectivity index (χ3v) is 9.87. The molecular weight excluding hydrogens is 773 g/mol. The standard InChI is InChI=1S/C40H44N14O6/c1-6-53-29(15-22(3)48-53)35-43-21-27-26-17-24(33(41)55)19-31(60-14-10-11-50(5)40(58)59)32(26)51(36(27)46-35)12-8-9-13-52-37-28(18-25(20-44-37)34(42)56)45-39(52)47-38(57)30-16-23(4)49-54(30)7-2/h8-9,15-21H,6-7,10-14H2,1-5H3,(H2,41,55)(H2,42,56)(H,58,59)(H,45,47,57). The number of carbonyl (C=O) groups is 4. The van der Waals surface area contributed by atoms with E-state index in [1.807, 2.05) is 48.2 Å². The van der Waals surface area contributed by atoms with Crippen LogP contribution in [-0.4, -0.2) is 103 Å². The summed E-state index contributed by atoms with van der Waals surface area (Å²) in [6.07, 6.45) is 6.15. The third kappa shape index (κ3) is 7.93. The van der Waals surface area contributed by atoms with Crippen molar-refractivity contribution in [2.75, 3.05) is 25.5 Å². The van der Waals surface area contributed by atoms with Crippen LogP contribution >= 0.6 is 0 Å². The van der Waals surface area contributed by atoms with E-state index in [1.165, 1.54) is 19.3 Å². The molecule has 0 saturated carbocycles. The number of imidazole rings is 1. The molecule has 310 valence electrons. The molecule has 7 rings (SSSR count). The Morgan fingerprint density at radius 1 is 0.833 bits per heavy atom. The number of fused-ring (bicyclic) bond motifs is 4. The number of hydrogen-bond acceptors (Lipinski definition) is 11. The maximum Gasteiger partial charge on any atom is 0.407 e. The molecule has 0 atom stereocenters. The van der Waals surface area contributed by atoms with Gasteiger partial charge in [-0.25, -0.2) is 24.7 Å². The number of primary amides is 2. The number of benzene rings is 1. The number of aromatic nitrogens is 10. The number of hydrogen-bond donors (Lipinski definition) is 4. The lowest BCUT2D eigenvalue weighted by Gasteiger charge is -2.15. The van der Waals surface area contributed by atoms with E-state index in [1.54, 1.807) is 40.6 Å². The van der Waals surface area contributed by atoms with E-state index < -0.39 is 23.8 Å². The first kappa shape index (κ1) is 40.6. The number of nitrogens with two attached hydrogens (primary N) is 2. The van der Waals surface area contributed by atoms with Crippen LogP contribution in [0.3, 0.4) is 0 Å². The van der Waals surface area contributed by atoms with Gasteiger partial charge in [0.1, 0.15) is 28.3 Å². The van der Waals surface area contributed by atoms with Crippen LogP contribution < -0.4 is 21.5 Å². The summed E-state index contributed by atoms with van der Waals surface area (Å²) in [4.78, 5) is 69.5. The van der Waals surface area contributed by atoms with Crippen molar-refractivity contribution in [2.24, 2.45) is 11.5 Å². The Bertz CT molecular complexity index is 2850. The molecule has 0 spiro atoms. The van der Waals surface area contributed by atoms with Crippen molar-refractivity contribution >= 4 is 62.9 Å². The number of anilines is 1. The predicted molar refractivity (Wildman–Crippen MR) is 222 cm³/mol. The van der Waals surface area contributed by atoms with Crippen LogP contribution in [0, 0.1) is 13.8 Å². The molecule has 4 amide bonds. The molecule has 20 nitrogen and oxygen atoms in total. The number of nitrogens with one attached hydrogen (secondary N) is 1. The van der Waals surface area contributed by atoms with E-state index >= 15 is 0 Å². The lowest BCUT2D eigenvalue weighted by Crippen LogP contribution is -2.26. The van der Waals surface area contributed by atoms with Crippen molar-refractivity contribution in [3.8, 4) is 17.3 Å². The zero-order chi connectivity index (χ0) is 42.8. The fourth-order valence-electron chi connectivity index (χ4n) is 6.97. The molecule has 0 bridgehead atoms. The van der Waals surface area contributed by atoms with Crippen LogP contribution in [0.15, 0.2) is 54.9 Å². The van der Waals surface area contributed by atoms with Crippen LogP contribution in [0.1, 0.15) is 62.9 Å². The smallest absolute Gasteiger partial charge is 0.407 e. The van der Waals surface area contributed by atoms with Crippen molar-refractivity contribution in [3.05, 3.63) is 83.1 Å². The Kier molecular flexibility index (Phi) is 11.3. The van der Waals surface area contributed by atoms with Crippen LogP contribution in [0.2, 0.25) is 0 Å². The minimum Gasteiger partial charge on any atom is -0.491 e. The van der Waals surface area contributed by atoms with Crippen molar-refractivity contribution in [1.82, 2.24) is 53.5 Å². The lowest BCUT2D eigenvalue weighted by atomic mass is 10.1. The topological polar surface area (TPSA) is 262 Å². The fourth-order valence-corrected chi connectivity index (χ4v) is 6.97. The molecule has 0 fully saturated rings. The number of ether oxygens (including phenoxy) is 1. The summed E-state index contributed by atoms with van der Waals surface area (Å²) >= 11 is 0. The number of amides is 4. The number of carbonyl (C=O) groups excluding carboxylic acids is 3. The Morgan fingerprint density at radius 3 is 2.23 bits per heavy atom. The number of allylic oxidation sites excluding steroid dienone is 2. The maximum atomic E-state index is 13.5. The molecule has 0 aliphatic rings. The van der Waals surface area contributed by atoms with Gasteiger partial charge in [0.25, 0.3) is 5.91 Å². The van der Waals surface area contributed by atoms with Gasteiger partial charge in [-0.05, 0) is 64.4 Å². The molecule has 6 N–H and O–H groups in total. The average molecular weight is 817 g/mol. The second-order valence-electron chi connectivity index (χ2n) is 14.1. The van der Waals surface area contributed by atoms with Gasteiger partial charge in [-0.3, -0.25) is 33.6 Å². The number of carboxylic acid groups (broad SMARTS) is 1. The highest BCUT2D eigenvalue weighted by Gasteiger charge is 2.23. The summed E-state index contributed by atoms with van der Waals surface area (Å²) in [7, 11) is 1.47. The van der Waals surface area contributed by atoms with Gasteiger partial charge in [-0.2, -0.15) is 10.2 Å². The first-order valence-corrected chi connectivity index (χ1v) is 19.2. The first-order valence-electron chi connectivity index (χ1n) is 19.2. The van der Waals surface area contributed by atoms with E-state index in [9.17, 15) is 24.3 Å². The number of nitrogens with zero attached hydrogens (tertiary/aromatic N) is 11. The normalized spacial score (nSPS) is 11.6. The van der Waals surface area contributed by atoms with Gasteiger partial charge in [0.2, 0.25) is 17.8 Å². The van der Waals surface area contributed by atoms with Crippen LogP contribution in [0.4, 0.5) is 10.7 Å². The van der Waals surface area contributed by atoms with E-state index in [2.05, 4.69) is 25.5 Å². The monoisotopic (exact) mass is 816 g/mol. The van der Waals surface area contributed by atoms with Gasteiger partial charge in [0.05, 0.1) is 29.1 Å². The summed E-state index contributed by atoms with van der Waals surface area (Å²) in [5, 5.41) is 22.4. The van der Waals surface area contributed by atoms with Crippen molar-refractivity contribution < 1.29 is 29.0 Å². The Morgan fingerprint density at radius 2 is 1.53 bits per heavy atom. The molecule has 0 radical (unpaired) electrons. The molecule has 0 aliphatic heterocycles. The zero-order valence-electron chi connectivity index (χ0n) is 33.7. The van der Waals surface area contributed by atoms with Crippen molar-refractivity contribution in [1.29, 1.82) is 0 Å². The number of aryl methyl sites for hydroxylation is 4. The van der Waals surface area contributed by atoms with Crippen LogP contribution in [0.5, 0.6) is 5.75 Å². The molecule has 0 unspecified atom stereocenters. The summed E-state index contributed by atoms with van der Waals surface area (Å²) in [6, 6.07) is 8.36. The third-order valence-electron chi connectivity index (χ3n) is 9.87. The van der Waals surface area contributed by atoms with E-state index in [4.69, 9.17) is 26.2 Å². The number of rotatable bonds is 16. The molecule has 7 aromatic rings. The average Bonchev–Trinajstić information content (AvgIpc) is 3.98. The largest absolute Gasteiger partial charge is 0.491 e. The Hall–Kier alpha value is -7.64. The lowest BCUT2D eigenvalue weighted by molar-refractivity contribution is 0.0991. The summed E-state index contributed by atoms with van der Waals surface area (Å²) in [5.41, 5.74) is 16.2. The number of pyridine rings is 1. The molecule has 20 heteroatoms. The fraction of sp³-hybridized carbons (Fsp3) is 0.300. The minimum atomic E-state index is -1.06. The summed E-state index contributed by atoms with van der Waals surface area (Å²) in [6.45, 7) is 9.45. The van der Waals surface area contributed by atoms with Gasteiger partial charge in [0.15, 0.2) is 11.5 Å². The second kappa shape index (κ2) is 16.7. The molecule has 6 heterocycles. The minimum absolute atomic E-state index is 0.142. The van der Waals surface area contributed by atoms with Gasteiger partial charge < -0.3 is 30.8 Å². The predicted octanol–water partition coefficient (Wildman–Crippen LogP) is 4.13. The molecule has 60 heavy (non-hydrogen) atoms. The van der Waals surface area contributed by atoms with Gasteiger partial charge in [0, 0.05) is 68.5 Å². The highest BCUT2D eigenvalue weighted by atomic mass is 16.5. The van der Waals surface area contributed by atoms with Crippen LogP contribution in [0.25, 0.3) is 44.6 Å². The molecule has 0 saturated heterocycles. The highest BCUT2D eigenvalue weighted by Crippen LogP contribution is 2.36. The SMILES string of the molecule is CCn1nc(C)cc1C(=O)Nc1nc2cc(C(N)=O)cnc2n1CC=CCn1c2nc(-c3cc(C)nn3CC)ncc2c2cc(C(N)=O)cc(OCCCN(C)C(=O)O)c21. The summed E-state index contributed by atoms with van der Waals surface area (Å²) in [5.74, 6) is -0.768. The van der Waals surface area contributed by atoms with Gasteiger partial charge >= 0.3 is 6.09 Å². The van der Waals surface area contributed by atoms with E-state index in [-0.39, 0.29) is 43.3 Å². The molecule has 1 aromatic carbocycles. The van der Waals surface area contributed by atoms with Gasteiger partial charge in [-0.1, -0.05) is 12.2 Å². The quantitative estimate of drug-likeness (QED) is 0.0793. The Labute approximate surface area is 342 Å². The zero-order valence-corrected chi connectivity index (χ0v) is 33.7. The summed E-state index contributed by atoms with van der Waals surface area (Å²) < 4.78 is 13.3.